The second-order valence-electron chi connectivity index (χ2n) is 7.88. The summed E-state index contributed by atoms with van der Waals surface area (Å²) in [6.07, 6.45) is 0.418. The highest BCUT2D eigenvalue weighted by molar-refractivity contribution is 7.89. The molecule has 0 fully saturated rings. The summed E-state index contributed by atoms with van der Waals surface area (Å²) < 4.78 is 33.7. The summed E-state index contributed by atoms with van der Waals surface area (Å²) in [6.45, 7) is 4.41. The molecule has 3 rings (SSSR count). The molecule has 1 aliphatic rings. The fraction of sp³-hybridized carbons (Fsp3) is 0.429. The first-order chi connectivity index (χ1) is 14.1. The monoisotopic (exact) mass is 432 g/mol. The zero-order valence-corrected chi connectivity index (χ0v) is 18.8. The molecule has 1 aromatic heterocycles. The number of pyridine rings is 1. The van der Waals surface area contributed by atoms with Crippen molar-refractivity contribution >= 4 is 21.7 Å². The van der Waals surface area contributed by atoms with Gasteiger partial charge in [0, 0.05) is 39.3 Å². The standard InChI is InChI=1S/C21H28N4O4S/c1-13(2)14-6-7-18(29-5)19(11-14)30(27,28)25-9-8-17-15(12-25)10-16(20(22)23-17)21(26)24(3)4/h6-7,10-11,13H,8-9,12H2,1-5H3,(H2,22,23). The molecule has 0 unspecified atom stereocenters. The Morgan fingerprint density at radius 2 is 1.97 bits per heavy atom. The minimum absolute atomic E-state index is 0.119. The van der Waals surface area contributed by atoms with Crippen molar-refractivity contribution in [1.29, 1.82) is 0 Å². The maximum atomic E-state index is 13.5. The van der Waals surface area contributed by atoms with Crippen LogP contribution in [0.15, 0.2) is 29.2 Å². The smallest absolute Gasteiger partial charge is 0.257 e. The van der Waals surface area contributed by atoms with E-state index in [0.717, 1.165) is 11.3 Å². The van der Waals surface area contributed by atoms with Crippen LogP contribution in [0.4, 0.5) is 5.82 Å². The van der Waals surface area contributed by atoms with Crippen LogP contribution in [0.3, 0.4) is 0 Å². The Hall–Kier alpha value is -2.65. The number of benzene rings is 1. The average Bonchev–Trinajstić information content (AvgIpc) is 2.71. The molecule has 0 bridgehead atoms. The number of sulfonamides is 1. The summed E-state index contributed by atoms with van der Waals surface area (Å²) in [5.41, 5.74) is 8.57. The molecule has 1 aliphatic heterocycles. The van der Waals surface area contributed by atoms with Crippen molar-refractivity contribution < 1.29 is 17.9 Å². The van der Waals surface area contributed by atoms with E-state index in [9.17, 15) is 13.2 Å². The lowest BCUT2D eigenvalue weighted by Gasteiger charge is -2.29. The second kappa shape index (κ2) is 8.23. The number of carbonyl (C=O) groups is 1. The molecule has 0 saturated heterocycles. The highest BCUT2D eigenvalue weighted by Crippen LogP contribution is 2.33. The minimum Gasteiger partial charge on any atom is -0.495 e. The van der Waals surface area contributed by atoms with E-state index in [0.29, 0.717) is 17.7 Å². The van der Waals surface area contributed by atoms with Crippen molar-refractivity contribution in [2.24, 2.45) is 0 Å². The summed E-state index contributed by atoms with van der Waals surface area (Å²) in [5, 5.41) is 0. The average molecular weight is 433 g/mol. The van der Waals surface area contributed by atoms with Gasteiger partial charge >= 0.3 is 0 Å². The van der Waals surface area contributed by atoms with E-state index in [1.165, 1.54) is 16.3 Å². The van der Waals surface area contributed by atoms with Crippen LogP contribution in [-0.2, 0) is 23.0 Å². The highest BCUT2D eigenvalue weighted by atomic mass is 32.2. The quantitative estimate of drug-likeness (QED) is 0.777. The fourth-order valence-corrected chi connectivity index (χ4v) is 5.08. The Balaban J connectivity index is 2.01. The lowest BCUT2D eigenvalue weighted by Crippen LogP contribution is -2.37. The van der Waals surface area contributed by atoms with Gasteiger partial charge in [0.1, 0.15) is 16.5 Å². The van der Waals surface area contributed by atoms with E-state index in [-0.39, 0.29) is 41.2 Å². The number of carbonyl (C=O) groups excluding carboxylic acids is 1. The van der Waals surface area contributed by atoms with Crippen molar-refractivity contribution in [3.63, 3.8) is 0 Å². The topological polar surface area (TPSA) is 106 Å². The van der Waals surface area contributed by atoms with Crippen LogP contribution in [0.5, 0.6) is 5.75 Å². The second-order valence-corrected chi connectivity index (χ2v) is 9.79. The molecule has 162 valence electrons. The third kappa shape index (κ3) is 3.99. The van der Waals surface area contributed by atoms with Crippen molar-refractivity contribution in [3.8, 4) is 5.75 Å². The van der Waals surface area contributed by atoms with Gasteiger partial charge in [0.05, 0.1) is 12.7 Å². The van der Waals surface area contributed by atoms with E-state index in [1.807, 2.05) is 19.9 Å². The van der Waals surface area contributed by atoms with Crippen LogP contribution in [0, 0.1) is 0 Å². The fourth-order valence-electron chi connectivity index (χ4n) is 3.47. The largest absolute Gasteiger partial charge is 0.495 e. The third-order valence-corrected chi connectivity index (χ3v) is 7.14. The van der Waals surface area contributed by atoms with Gasteiger partial charge in [0.2, 0.25) is 10.0 Å². The third-order valence-electron chi connectivity index (χ3n) is 5.27. The molecule has 1 amide bonds. The summed E-state index contributed by atoms with van der Waals surface area (Å²) >= 11 is 0. The normalized spacial score (nSPS) is 14.5. The molecule has 2 aromatic rings. The van der Waals surface area contributed by atoms with Gasteiger partial charge in [-0.15, -0.1) is 0 Å². The first-order valence-corrected chi connectivity index (χ1v) is 11.2. The Morgan fingerprint density at radius 3 is 2.57 bits per heavy atom. The van der Waals surface area contributed by atoms with Crippen molar-refractivity contribution in [2.75, 3.05) is 33.5 Å². The van der Waals surface area contributed by atoms with Crippen LogP contribution in [0.1, 0.15) is 46.9 Å². The molecule has 2 N–H and O–H groups in total. The molecule has 0 saturated carbocycles. The van der Waals surface area contributed by atoms with E-state index >= 15 is 0 Å². The number of hydrogen-bond donors (Lipinski definition) is 1. The van der Waals surface area contributed by atoms with Crippen molar-refractivity contribution in [2.45, 2.75) is 37.6 Å². The molecule has 9 heteroatoms. The van der Waals surface area contributed by atoms with Crippen LogP contribution in [0.25, 0.3) is 0 Å². The lowest BCUT2D eigenvalue weighted by atomic mass is 10.0. The van der Waals surface area contributed by atoms with Crippen LogP contribution in [-0.4, -0.2) is 56.3 Å². The Morgan fingerprint density at radius 1 is 1.27 bits per heavy atom. The molecular formula is C21H28N4O4S. The number of methoxy groups -OCH3 is 1. The van der Waals surface area contributed by atoms with Crippen LogP contribution < -0.4 is 10.5 Å². The number of amides is 1. The van der Waals surface area contributed by atoms with Crippen LogP contribution >= 0.6 is 0 Å². The number of anilines is 1. The van der Waals surface area contributed by atoms with E-state index in [4.69, 9.17) is 10.5 Å². The van der Waals surface area contributed by atoms with E-state index in [2.05, 4.69) is 4.98 Å². The van der Waals surface area contributed by atoms with Crippen molar-refractivity contribution in [3.05, 3.63) is 46.6 Å². The number of ether oxygens (including phenoxy) is 1. The summed E-state index contributed by atoms with van der Waals surface area (Å²) in [7, 11) is 0.912. The maximum absolute atomic E-state index is 13.5. The van der Waals surface area contributed by atoms with Crippen LogP contribution in [0.2, 0.25) is 0 Å². The molecule has 0 radical (unpaired) electrons. The number of nitrogen functional groups attached to an aromatic ring is 1. The predicted molar refractivity (Wildman–Crippen MR) is 115 cm³/mol. The van der Waals surface area contributed by atoms with Crippen molar-refractivity contribution in [1.82, 2.24) is 14.2 Å². The molecule has 0 atom stereocenters. The predicted octanol–water partition coefficient (Wildman–Crippen LogP) is 2.24. The molecule has 0 aliphatic carbocycles. The zero-order chi connectivity index (χ0) is 22.2. The van der Waals surface area contributed by atoms with Gasteiger partial charge in [0.25, 0.3) is 5.91 Å². The summed E-state index contributed by atoms with van der Waals surface area (Å²) in [6, 6.07) is 6.90. The number of nitrogens with zero attached hydrogens (tertiary/aromatic N) is 3. The van der Waals surface area contributed by atoms with Gasteiger partial charge in [-0.1, -0.05) is 19.9 Å². The van der Waals surface area contributed by atoms with Gasteiger partial charge in [-0.25, -0.2) is 13.4 Å². The molecule has 8 nitrogen and oxygen atoms in total. The number of aromatic nitrogens is 1. The SMILES string of the molecule is COc1ccc(C(C)C)cc1S(=O)(=O)N1CCc2nc(N)c(C(=O)N(C)C)cc2C1. The highest BCUT2D eigenvalue weighted by Gasteiger charge is 2.32. The number of nitrogens with two attached hydrogens (primary N) is 1. The van der Waals surface area contributed by atoms with Gasteiger partial charge in [-0.3, -0.25) is 4.79 Å². The zero-order valence-electron chi connectivity index (χ0n) is 18.0. The first-order valence-electron chi connectivity index (χ1n) is 9.74. The van der Waals surface area contributed by atoms with Gasteiger partial charge in [-0.2, -0.15) is 4.31 Å². The van der Waals surface area contributed by atoms with Gasteiger partial charge < -0.3 is 15.4 Å². The molecular weight excluding hydrogens is 404 g/mol. The van der Waals surface area contributed by atoms with Gasteiger partial charge in [0.15, 0.2) is 0 Å². The first kappa shape index (κ1) is 22.0. The van der Waals surface area contributed by atoms with Gasteiger partial charge in [-0.05, 0) is 35.2 Å². The number of hydrogen-bond acceptors (Lipinski definition) is 6. The maximum Gasteiger partial charge on any atom is 0.257 e. The lowest BCUT2D eigenvalue weighted by molar-refractivity contribution is 0.0828. The summed E-state index contributed by atoms with van der Waals surface area (Å²) in [4.78, 5) is 18.3. The molecule has 0 spiro atoms. The minimum atomic E-state index is -3.81. The number of fused-ring (bicyclic) bond motifs is 1. The Labute approximate surface area is 177 Å². The van der Waals surface area contributed by atoms with E-state index < -0.39 is 10.0 Å². The molecule has 30 heavy (non-hydrogen) atoms. The Kier molecular flexibility index (Phi) is 6.05. The molecule has 2 heterocycles. The number of rotatable bonds is 5. The molecule has 1 aromatic carbocycles. The summed E-state index contributed by atoms with van der Waals surface area (Å²) in [5.74, 6) is 0.381. The van der Waals surface area contributed by atoms with E-state index in [1.54, 1.807) is 32.3 Å². The Bertz CT molecular complexity index is 1080.